The number of carbonyl (C=O) groups excluding carboxylic acids is 1. The van der Waals surface area contributed by atoms with Gasteiger partial charge in [0, 0.05) is 19.2 Å². The van der Waals surface area contributed by atoms with E-state index >= 15 is 0 Å². The first kappa shape index (κ1) is 23.7. The molecule has 0 fully saturated rings. The summed E-state index contributed by atoms with van der Waals surface area (Å²) >= 11 is 6.08. The van der Waals surface area contributed by atoms with Crippen molar-refractivity contribution in [2.24, 2.45) is 0 Å². The van der Waals surface area contributed by atoms with E-state index in [1.54, 1.807) is 6.20 Å². The molecular weight excluding hydrogens is 386 g/mol. The topological polar surface area (TPSA) is 57.0 Å². The predicted octanol–water partition coefficient (Wildman–Crippen LogP) is 6.72. The summed E-state index contributed by atoms with van der Waals surface area (Å²) in [6, 6.07) is 1.98. The molecule has 6 heteroatoms. The molecule has 5 nitrogen and oxygen atoms in total. The van der Waals surface area contributed by atoms with Gasteiger partial charge in [0.2, 0.25) is 0 Å². The van der Waals surface area contributed by atoms with E-state index in [0.717, 1.165) is 30.4 Å². The zero-order chi connectivity index (χ0) is 20.7. The quantitative estimate of drug-likeness (QED) is 0.171. The van der Waals surface area contributed by atoms with Gasteiger partial charge in [0.05, 0.1) is 19.0 Å². The minimum atomic E-state index is -0.0808. The van der Waals surface area contributed by atoms with Crippen LogP contribution in [-0.2, 0) is 16.1 Å². The molecule has 0 N–H and O–H groups in total. The number of imidazole rings is 1. The van der Waals surface area contributed by atoms with Gasteiger partial charge < -0.3 is 9.30 Å². The van der Waals surface area contributed by atoms with Crippen molar-refractivity contribution in [2.75, 3.05) is 7.11 Å². The number of nitrogens with zero attached hydrogens (tertiary/aromatic N) is 3. The van der Waals surface area contributed by atoms with E-state index in [1.807, 2.05) is 12.4 Å². The molecule has 2 aromatic heterocycles. The second-order valence-electron chi connectivity index (χ2n) is 7.83. The fourth-order valence-electron chi connectivity index (χ4n) is 3.74. The number of aromatic nitrogens is 3. The third kappa shape index (κ3) is 9.16. The van der Waals surface area contributed by atoms with E-state index in [-0.39, 0.29) is 5.97 Å². The number of methoxy groups -OCH3 is 1. The number of carbonyl (C=O) groups is 1. The molecule has 0 aliphatic carbocycles. The molecule has 0 aliphatic rings. The highest BCUT2D eigenvalue weighted by Gasteiger charge is 2.06. The molecule has 0 aliphatic heterocycles. The molecule has 0 bridgehead atoms. The van der Waals surface area contributed by atoms with Crippen LogP contribution in [0.5, 0.6) is 0 Å². The second-order valence-corrected chi connectivity index (χ2v) is 8.19. The number of rotatable bonds is 16. The summed E-state index contributed by atoms with van der Waals surface area (Å²) in [5, 5.41) is 0.486. The molecule has 0 spiro atoms. The first-order chi connectivity index (χ1) is 14.2. The van der Waals surface area contributed by atoms with Crippen LogP contribution in [0.25, 0.3) is 11.0 Å². The van der Waals surface area contributed by atoms with Crippen LogP contribution in [0.3, 0.4) is 0 Å². The maximum Gasteiger partial charge on any atom is 0.305 e. The maximum atomic E-state index is 11.0. The van der Waals surface area contributed by atoms with Crippen LogP contribution in [0.2, 0.25) is 5.15 Å². The molecule has 0 atom stereocenters. The first-order valence-electron chi connectivity index (χ1n) is 11.2. The highest BCUT2D eigenvalue weighted by atomic mass is 35.5. The van der Waals surface area contributed by atoms with Gasteiger partial charge in [0.15, 0.2) is 5.15 Å². The van der Waals surface area contributed by atoms with Gasteiger partial charge in [0.1, 0.15) is 5.52 Å². The lowest BCUT2D eigenvalue weighted by atomic mass is 10.0. The van der Waals surface area contributed by atoms with Gasteiger partial charge in [-0.3, -0.25) is 4.79 Å². The summed E-state index contributed by atoms with van der Waals surface area (Å²) in [6.07, 6.45) is 20.7. The minimum absolute atomic E-state index is 0.0808. The maximum absolute atomic E-state index is 11.0. The Morgan fingerprint density at radius 3 is 2.03 bits per heavy atom. The van der Waals surface area contributed by atoms with Gasteiger partial charge in [-0.15, -0.1) is 0 Å². The normalized spacial score (nSPS) is 11.2. The van der Waals surface area contributed by atoms with Crippen LogP contribution in [0.4, 0.5) is 0 Å². The number of hydrogen-bond acceptors (Lipinski definition) is 4. The van der Waals surface area contributed by atoms with Gasteiger partial charge in [-0.25, -0.2) is 9.97 Å². The fourth-order valence-corrected chi connectivity index (χ4v) is 3.94. The molecular formula is C23H36ClN3O2. The Bertz CT molecular complexity index is 717. The highest BCUT2D eigenvalue weighted by molar-refractivity contribution is 6.33. The average Bonchev–Trinajstić information content (AvgIpc) is 3.15. The molecule has 0 radical (unpaired) electrons. The Morgan fingerprint density at radius 1 is 0.897 bits per heavy atom. The number of hydrogen-bond donors (Lipinski definition) is 0. The lowest BCUT2D eigenvalue weighted by Crippen LogP contribution is -1.99. The Balaban J connectivity index is 1.37. The molecule has 0 unspecified atom stereocenters. The van der Waals surface area contributed by atoms with Crippen LogP contribution in [-0.4, -0.2) is 27.6 Å². The highest BCUT2D eigenvalue weighted by Crippen LogP contribution is 2.20. The number of esters is 1. The van der Waals surface area contributed by atoms with E-state index < -0.39 is 0 Å². The number of aryl methyl sites for hydroxylation is 1. The molecule has 162 valence electrons. The van der Waals surface area contributed by atoms with Crippen LogP contribution in [0.1, 0.15) is 89.9 Å². The monoisotopic (exact) mass is 421 g/mol. The second kappa shape index (κ2) is 14.4. The molecule has 0 saturated heterocycles. The predicted molar refractivity (Wildman–Crippen MR) is 119 cm³/mol. The van der Waals surface area contributed by atoms with Crippen molar-refractivity contribution in [3.8, 4) is 0 Å². The van der Waals surface area contributed by atoms with Crippen molar-refractivity contribution >= 4 is 28.6 Å². The van der Waals surface area contributed by atoms with Crippen molar-refractivity contribution in [1.82, 2.24) is 14.5 Å². The number of ether oxygens (including phenoxy) is 1. The Kier molecular flexibility index (Phi) is 11.7. The Hall–Kier alpha value is -1.62. The van der Waals surface area contributed by atoms with E-state index in [0.29, 0.717) is 11.6 Å². The van der Waals surface area contributed by atoms with Crippen LogP contribution >= 0.6 is 11.6 Å². The molecule has 0 saturated carbocycles. The average molecular weight is 422 g/mol. The van der Waals surface area contributed by atoms with Gasteiger partial charge in [-0.1, -0.05) is 82.2 Å². The first-order valence-corrected chi connectivity index (χ1v) is 11.6. The van der Waals surface area contributed by atoms with E-state index in [1.165, 1.54) is 77.7 Å². The summed E-state index contributed by atoms with van der Waals surface area (Å²) in [4.78, 5) is 19.5. The van der Waals surface area contributed by atoms with Crippen LogP contribution in [0, 0.1) is 0 Å². The summed E-state index contributed by atoms with van der Waals surface area (Å²) in [5.74, 6) is -0.0808. The minimum Gasteiger partial charge on any atom is -0.469 e. The molecule has 0 amide bonds. The lowest BCUT2D eigenvalue weighted by molar-refractivity contribution is -0.140. The van der Waals surface area contributed by atoms with E-state index in [2.05, 4.69) is 19.3 Å². The third-order valence-electron chi connectivity index (χ3n) is 5.50. The van der Waals surface area contributed by atoms with Crippen LogP contribution < -0.4 is 0 Å². The summed E-state index contributed by atoms with van der Waals surface area (Å²) < 4.78 is 6.83. The van der Waals surface area contributed by atoms with Crippen molar-refractivity contribution in [3.05, 3.63) is 23.7 Å². The molecule has 2 rings (SSSR count). The molecule has 2 aromatic rings. The van der Waals surface area contributed by atoms with Gasteiger partial charge in [-0.2, -0.15) is 0 Å². The fraction of sp³-hybridized carbons (Fsp3) is 0.696. The van der Waals surface area contributed by atoms with Crippen molar-refractivity contribution in [3.63, 3.8) is 0 Å². The standard InChI is InChI=1S/C23H36ClN3O2/c1-29-21(28)15-13-11-9-7-5-3-2-4-6-8-10-12-14-18-27-19-26-22-20(27)16-17-25-23(22)24/h16-17,19H,2-15,18H2,1H3. The van der Waals surface area contributed by atoms with Crippen LogP contribution in [0.15, 0.2) is 18.6 Å². The van der Waals surface area contributed by atoms with Gasteiger partial charge >= 0.3 is 5.97 Å². The number of halogens is 1. The molecule has 29 heavy (non-hydrogen) atoms. The van der Waals surface area contributed by atoms with Crippen molar-refractivity contribution < 1.29 is 9.53 Å². The summed E-state index contributed by atoms with van der Waals surface area (Å²) in [6.45, 7) is 0.996. The third-order valence-corrected chi connectivity index (χ3v) is 5.78. The summed E-state index contributed by atoms with van der Waals surface area (Å²) in [5.41, 5.74) is 1.88. The van der Waals surface area contributed by atoms with Gasteiger partial charge in [-0.05, 0) is 18.9 Å². The van der Waals surface area contributed by atoms with Crippen molar-refractivity contribution in [1.29, 1.82) is 0 Å². The zero-order valence-corrected chi connectivity index (χ0v) is 18.6. The Morgan fingerprint density at radius 2 is 1.45 bits per heavy atom. The number of fused-ring (bicyclic) bond motifs is 1. The van der Waals surface area contributed by atoms with E-state index in [4.69, 9.17) is 11.6 Å². The largest absolute Gasteiger partial charge is 0.469 e. The zero-order valence-electron chi connectivity index (χ0n) is 17.9. The van der Waals surface area contributed by atoms with Gasteiger partial charge in [0.25, 0.3) is 0 Å². The number of unbranched alkanes of at least 4 members (excludes halogenated alkanes) is 12. The summed E-state index contributed by atoms with van der Waals surface area (Å²) in [7, 11) is 1.46. The van der Waals surface area contributed by atoms with Crippen molar-refractivity contribution in [2.45, 2.75) is 96.4 Å². The lowest BCUT2D eigenvalue weighted by Gasteiger charge is -2.05. The SMILES string of the molecule is COC(=O)CCCCCCCCCCCCCCCn1cnc2c(Cl)nccc21. The van der Waals surface area contributed by atoms with E-state index in [9.17, 15) is 4.79 Å². The molecule has 2 heterocycles. The number of pyridine rings is 1. The molecule has 0 aromatic carbocycles. The Labute approximate surface area is 180 Å². The smallest absolute Gasteiger partial charge is 0.305 e.